The van der Waals surface area contributed by atoms with Crippen molar-refractivity contribution in [3.05, 3.63) is 58.3 Å². The number of aromatic nitrogens is 1. The van der Waals surface area contributed by atoms with Crippen molar-refractivity contribution in [1.82, 2.24) is 10.3 Å². The highest BCUT2D eigenvalue weighted by atomic mass is 79.9. The highest BCUT2D eigenvalue weighted by Gasteiger charge is 2.00. The lowest BCUT2D eigenvalue weighted by molar-refractivity contribution is 0.304. The molecule has 0 bridgehead atoms. The molecule has 0 fully saturated rings. The molecular formula is C14H15BrN2O. The highest BCUT2D eigenvalue weighted by Crippen LogP contribution is 2.18. The summed E-state index contributed by atoms with van der Waals surface area (Å²) in [6, 6.07) is 11.9. The van der Waals surface area contributed by atoms with Gasteiger partial charge in [0, 0.05) is 16.6 Å². The van der Waals surface area contributed by atoms with Gasteiger partial charge in [-0.1, -0.05) is 34.1 Å². The van der Waals surface area contributed by atoms with Gasteiger partial charge in [-0.25, -0.2) is 0 Å². The molecule has 1 aromatic heterocycles. The summed E-state index contributed by atoms with van der Waals surface area (Å²) >= 11 is 3.50. The zero-order valence-electron chi connectivity index (χ0n) is 10.2. The van der Waals surface area contributed by atoms with Crippen LogP contribution >= 0.6 is 15.9 Å². The fourth-order valence-corrected chi connectivity index (χ4v) is 1.96. The Labute approximate surface area is 115 Å². The topological polar surface area (TPSA) is 34.1 Å². The van der Waals surface area contributed by atoms with Crippen LogP contribution in [0.2, 0.25) is 0 Å². The van der Waals surface area contributed by atoms with Gasteiger partial charge in [-0.15, -0.1) is 0 Å². The summed E-state index contributed by atoms with van der Waals surface area (Å²) in [5.74, 6) is 0.783. The van der Waals surface area contributed by atoms with Crippen LogP contribution in [-0.2, 0) is 13.2 Å². The Balaban J connectivity index is 1.96. The van der Waals surface area contributed by atoms with Crippen LogP contribution in [0, 0.1) is 0 Å². The number of hydrogen-bond donors (Lipinski definition) is 1. The third-order valence-electron chi connectivity index (χ3n) is 2.51. The van der Waals surface area contributed by atoms with Gasteiger partial charge in [0.2, 0.25) is 0 Å². The van der Waals surface area contributed by atoms with Crippen LogP contribution in [0.1, 0.15) is 11.3 Å². The van der Waals surface area contributed by atoms with E-state index in [0.29, 0.717) is 6.61 Å². The van der Waals surface area contributed by atoms with E-state index in [-0.39, 0.29) is 0 Å². The molecule has 0 unspecified atom stereocenters. The van der Waals surface area contributed by atoms with Crippen molar-refractivity contribution in [2.45, 2.75) is 13.2 Å². The molecule has 1 heterocycles. The molecule has 0 aliphatic carbocycles. The van der Waals surface area contributed by atoms with E-state index in [1.807, 2.05) is 43.4 Å². The minimum atomic E-state index is 0.536. The lowest BCUT2D eigenvalue weighted by Gasteiger charge is -2.08. The number of halogens is 1. The van der Waals surface area contributed by atoms with Crippen molar-refractivity contribution in [3.63, 3.8) is 0 Å². The van der Waals surface area contributed by atoms with Gasteiger partial charge in [-0.2, -0.15) is 0 Å². The molecule has 0 aliphatic rings. The SMILES string of the molecule is CNCc1ccc(OCc2ccccc2Br)cn1. The summed E-state index contributed by atoms with van der Waals surface area (Å²) in [4.78, 5) is 4.30. The third kappa shape index (κ3) is 3.55. The van der Waals surface area contributed by atoms with Crippen molar-refractivity contribution in [2.24, 2.45) is 0 Å². The van der Waals surface area contributed by atoms with Gasteiger partial charge in [0.1, 0.15) is 12.4 Å². The Morgan fingerprint density at radius 1 is 1.22 bits per heavy atom. The van der Waals surface area contributed by atoms with Crippen molar-refractivity contribution < 1.29 is 4.74 Å². The zero-order chi connectivity index (χ0) is 12.8. The maximum Gasteiger partial charge on any atom is 0.138 e. The fraction of sp³-hybridized carbons (Fsp3) is 0.214. The molecule has 4 heteroatoms. The molecule has 2 aromatic rings. The first-order chi connectivity index (χ1) is 8.79. The molecule has 0 atom stereocenters. The van der Waals surface area contributed by atoms with Crippen molar-refractivity contribution in [1.29, 1.82) is 0 Å². The number of benzene rings is 1. The minimum absolute atomic E-state index is 0.536. The van der Waals surface area contributed by atoms with Crippen molar-refractivity contribution in [3.8, 4) is 5.75 Å². The summed E-state index contributed by atoms with van der Waals surface area (Å²) in [7, 11) is 1.90. The van der Waals surface area contributed by atoms with Crippen LogP contribution in [0.5, 0.6) is 5.75 Å². The first kappa shape index (κ1) is 13.1. The van der Waals surface area contributed by atoms with Crippen molar-refractivity contribution >= 4 is 15.9 Å². The summed E-state index contributed by atoms with van der Waals surface area (Å²) in [6.45, 7) is 1.30. The predicted molar refractivity (Wildman–Crippen MR) is 75.5 cm³/mol. The fourth-order valence-electron chi connectivity index (χ4n) is 1.56. The zero-order valence-corrected chi connectivity index (χ0v) is 11.8. The lowest BCUT2D eigenvalue weighted by Crippen LogP contribution is -2.06. The van der Waals surface area contributed by atoms with Crippen LogP contribution in [-0.4, -0.2) is 12.0 Å². The third-order valence-corrected chi connectivity index (χ3v) is 3.28. The Bertz CT molecular complexity index is 499. The number of ether oxygens (including phenoxy) is 1. The monoisotopic (exact) mass is 306 g/mol. The van der Waals surface area contributed by atoms with Gasteiger partial charge in [0.25, 0.3) is 0 Å². The summed E-state index contributed by atoms with van der Waals surface area (Å²) in [5.41, 5.74) is 2.13. The Kier molecular flexibility index (Phi) is 4.73. The van der Waals surface area contributed by atoms with E-state index >= 15 is 0 Å². The molecule has 18 heavy (non-hydrogen) atoms. The first-order valence-corrected chi connectivity index (χ1v) is 6.54. The normalized spacial score (nSPS) is 10.3. The highest BCUT2D eigenvalue weighted by molar-refractivity contribution is 9.10. The van der Waals surface area contributed by atoms with Crippen LogP contribution in [0.4, 0.5) is 0 Å². The predicted octanol–water partition coefficient (Wildman–Crippen LogP) is 3.14. The van der Waals surface area contributed by atoms with E-state index in [0.717, 1.165) is 28.0 Å². The smallest absolute Gasteiger partial charge is 0.138 e. The average Bonchev–Trinajstić information content (AvgIpc) is 2.40. The van der Waals surface area contributed by atoms with Gasteiger partial charge >= 0.3 is 0 Å². The van der Waals surface area contributed by atoms with E-state index in [9.17, 15) is 0 Å². The van der Waals surface area contributed by atoms with Crippen LogP contribution < -0.4 is 10.1 Å². The second-order valence-electron chi connectivity index (χ2n) is 3.90. The van der Waals surface area contributed by atoms with E-state index in [1.54, 1.807) is 6.20 Å². The number of hydrogen-bond acceptors (Lipinski definition) is 3. The Morgan fingerprint density at radius 2 is 2.06 bits per heavy atom. The molecule has 1 aromatic carbocycles. The van der Waals surface area contributed by atoms with Gasteiger partial charge in [0.05, 0.1) is 11.9 Å². The quantitative estimate of drug-likeness (QED) is 0.921. The number of pyridine rings is 1. The second kappa shape index (κ2) is 6.52. The number of nitrogens with zero attached hydrogens (tertiary/aromatic N) is 1. The molecule has 0 saturated carbocycles. The van der Waals surface area contributed by atoms with E-state index in [4.69, 9.17) is 4.74 Å². The maximum atomic E-state index is 5.69. The molecule has 2 rings (SSSR count). The van der Waals surface area contributed by atoms with Gasteiger partial charge in [0.15, 0.2) is 0 Å². The Morgan fingerprint density at radius 3 is 2.72 bits per heavy atom. The average molecular weight is 307 g/mol. The molecule has 3 nitrogen and oxygen atoms in total. The molecular weight excluding hydrogens is 292 g/mol. The summed E-state index contributed by atoms with van der Waals surface area (Å²) < 4.78 is 6.75. The standard InChI is InChI=1S/C14H15BrN2O/c1-16-8-12-6-7-13(9-17-12)18-10-11-4-2-3-5-14(11)15/h2-7,9,16H,8,10H2,1H3. The lowest BCUT2D eigenvalue weighted by atomic mass is 10.2. The minimum Gasteiger partial charge on any atom is -0.487 e. The maximum absolute atomic E-state index is 5.69. The molecule has 0 amide bonds. The van der Waals surface area contributed by atoms with Gasteiger partial charge < -0.3 is 10.1 Å². The largest absolute Gasteiger partial charge is 0.487 e. The van der Waals surface area contributed by atoms with Crippen LogP contribution in [0.25, 0.3) is 0 Å². The number of rotatable bonds is 5. The molecule has 94 valence electrons. The van der Waals surface area contributed by atoms with E-state index in [2.05, 4.69) is 26.2 Å². The summed E-state index contributed by atoms with van der Waals surface area (Å²) in [6.07, 6.45) is 1.75. The molecule has 0 saturated heterocycles. The van der Waals surface area contributed by atoms with Crippen molar-refractivity contribution in [2.75, 3.05) is 7.05 Å². The van der Waals surface area contributed by atoms with E-state index in [1.165, 1.54) is 0 Å². The second-order valence-corrected chi connectivity index (χ2v) is 4.75. The van der Waals surface area contributed by atoms with E-state index < -0.39 is 0 Å². The summed E-state index contributed by atoms with van der Waals surface area (Å²) in [5, 5.41) is 3.06. The molecule has 0 radical (unpaired) electrons. The van der Waals surface area contributed by atoms with Gasteiger partial charge in [-0.05, 0) is 25.2 Å². The first-order valence-electron chi connectivity index (χ1n) is 5.75. The van der Waals surface area contributed by atoms with Crippen LogP contribution in [0.3, 0.4) is 0 Å². The molecule has 0 spiro atoms. The van der Waals surface area contributed by atoms with Crippen LogP contribution in [0.15, 0.2) is 47.1 Å². The van der Waals surface area contributed by atoms with Gasteiger partial charge in [-0.3, -0.25) is 4.98 Å². The molecule has 1 N–H and O–H groups in total. The Hall–Kier alpha value is -1.39. The molecule has 0 aliphatic heterocycles. The number of nitrogens with one attached hydrogen (secondary N) is 1.